The van der Waals surface area contributed by atoms with Crippen molar-refractivity contribution < 1.29 is 9.50 Å². The maximum Gasteiger partial charge on any atom is 0.123 e. The molecule has 2 aromatic carbocycles. The van der Waals surface area contributed by atoms with Gasteiger partial charge in [0.2, 0.25) is 0 Å². The zero-order valence-corrected chi connectivity index (χ0v) is 14.6. The van der Waals surface area contributed by atoms with E-state index in [2.05, 4.69) is 35.5 Å². The highest BCUT2D eigenvalue weighted by molar-refractivity contribution is 5.45. The third-order valence-electron chi connectivity index (χ3n) is 6.03. The number of hydrogen-bond donors (Lipinski definition) is 2. The third-order valence-corrected chi connectivity index (χ3v) is 6.03. The summed E-state index contributed by atoms with van der Waals surface area (Å²) >= 11 is 0. The lowest BCUT2D eigenvalue weighted by molar-refractivity contribution is 0.0256. The molecule has 3 nitrogen and oxygen atoms in total. The monoisotopic (exact) mass is 340 g/mol. The molecule has 1 fully saturated rings. The highest BCUT2D eigenvalue weighted by atomic mass is 19.1. The van der Waals surface area contributed by atoms with E-state index in [1.54, 1.807) is 12.1 Å². The molecule has 2 aliphatic rings. The van der Waals surface area contributed by atoms with Gasteiger partial charge in [-0.15, -0.1) is 0 Å². The van der Waals surface area contributed by atoms with Crippen LogP contribution in [0.15, 0.2) is 48.5 Å². The minimum Gasteiger partial charge on any atom is -0.390 e. The van der Waals surface area contributed by atoms with Crippen LogP contribution < -0.4 is 5.32 Å². The van der Waals surface area contributed by atoms with Gasteiger partial charge in [-0.3, -0.25) is 0 Å². The standard InChI is InChI=1S/C21H25FN2O/c1-24-12-10-21(11-13-24)18-5-3-2-4-17(18)19(20(21)25)23-14-15-6-8-16(22)9-7-15/h2-9,19-20,23,25H,10-14H2,1H3/t19-,20+/m0/s1. The number of halogens is 1. The van der Waals surface area contributed by atoms with Crippen molar-refractivity contribution >= 4 is 0 Å². The van der Waals surface area contributed by atoms with Crippen molar-refractivity contribution in [3.63, 3.8) is 0 Å². The summed E-state index contributed by atoms with van der Waals surface area (Å²) in [6.45, 7) is 2.64. The van der Waals surface area contributed by atoms with Crippen molar-refractivity contribution in [1.29, 1.82) is 0 Å². The molecule has 4 heteroatoms. The van der Waals surface area contributed by atoms with Gasteiger partial charge in [0, 0.05) is 12.0 Å². The van der Waals surface area contributed by atoms with Gasteiger partial charge in [0.25, 0.3) is 0 Å². The van der Waals surface area contributed by atoms with Crippen LogP contribution >= 0.6 is 0 Å². The van der Waals surface area contributed by atoms with E-state index in [1.165, 1.54) is 23.3 Å². The number of fused-ring (bicyclic) bond motifs is 2. The largest absolute Gasteiger partial charge is 0.390 e. The fourth-order valence-corrected chi connectivity index (χ4v) is 4.50. The molecular weight excluding hydrogens is 315 g/mol. The van der Waals surface area contributed by atoms with Gasteiger partial charge in [-0.25, -0.2) is 4.39 Å². The lowest BCUT2D eigenvalue weighted by Crippen LogP contribution is -2.48. The number of rotatable bonds is 3. The van der Waals surface area contributed by atoms with Crippen LogP contribution in [0.3, 0.4) is 0 Å². The van der Waals surface area contributed by atoms with Crippen LogP contribution in [0.5, 0.6) is 0 Å². The Labute approximate surface area is 148 Å². The SMILES string of the molecule is CN1CCC2(CC1)c1ccccc1[C@H](NCc1ccc(F)cc1)[C@H]2O. The predicted octanol–water partition coefficient (Wildman–Crippen LogP) is 2.99. The molecule has 0 aromatic heterocycles. The zero-order valence-electron chi connectivity index (χ0n) is 14.6. The second-order valence-electron chi connectivity index (χ2n) is 7.48. The molecule has 2 N–H and O–H groups in total. The van der Waals surface area contributed by atoms with Crippen molar-refractivity contribution in [3.05, 3.63) is 71.0 Å². The molecule has 0 bridgehead atoms. The van der Waals surface area contributed by atoms with Gasteiger partial charge in [0.1, 0.15) is 5.82 Å². The van der Waals surface area contributed by atoms with Crippen molar-refractivity contribution in [2.75, 3.05) is 20.1 Å². The van der Waals surface area contributed by atoms with E-state index in [4.69, 9.17) is 0 Å². The van der Waals surface area contributed by atoms with Crippen LogP contribution in [0, 0.1) is 5.82 Å². The number of benzene rings is 2. The maximum atomic E-state index is 13.1. The highest BCUT2D eigenvalue weighted by Gasteiger charge is 2.51. The number of aliphatic hydroxyl groups is 1. The van der Waals surface area contributed by atoms with E-state index in [0.29, 0.717) is 6.54 Å². The van der Waals surface area contributed by atoms with Gasteiger partial charge in [-0.1, -0.05) is 36.4 Å². The molecule has 4 rings (SSSR count). The van der Waals surface area contributed by atoms with E-state index in [9.17, 15) is 9.50 Å². The first-order chi connectivity index (χ1) is 12.1. The maximum absolute atomic E-state index is 13.1. The number of likely N-dealkylation sites (tertiary alicyclic amines) is 1. The Morgan fingerprint density at radius 3 is 2.52 bits per heavy atom. The summed E-state index contributed by atoms with van der Waals surface area (Å²) in [7, 11) is 2.14. The first-order valence-electron chi connectivity index (χ1n) is 9.04. The summed E-state index contributed by atoms with van der Waals surface area (Å²) in [6, 6.07) is 14.9. The first kappa shape index (κ1) is 16.7. The molecule has 1 saturated heterocycles. The number of aliphatic hydroxyl groups excluding tert-OH is 1. The quantitative estimate of drug-likeness (QED) is 0.902. The second kappa shape index (κ2) is 6.52. The topological polar surface area (TPSA) is 35.5 Å². The van der Waals surface area contributed by atoms with E-state index in [1.807, 2.05) is 6.07 Å². The Balaban J connectivity index is 1.59. The molecule has 0 unspecified atom stereocenters. The summed E-state index contributed by atoms with van der Waals surface area (Å²) in [5, 5.41) is 14.8. The van der Waals surface area contributed by atoms with Gasteiger partial charge in [-0.05, 0) is 61.8 Å². The van der Waals surface area contributed by atoms with Gasteiger partial charge < -0.3 is 15.3 Å². The average Bonchev–Trinajstić information content (AvgIpc) is 2.86. The molecule has 25 heavy (non-hydrogen) atoms. The van der Waals surface area contributed by atoms with Gasteiger partial charge >= 0.3 is 0 Å². The molecular formula is C21H25FN2O. The normalized spacial score (nSPS) is 25.2. The van der Waals surface area contributed by atoms with Crippen molar-refractivity contribution in [3.8, 4) is 0 Å². The van der Waals surface area contributed by atoms with Gasteiger partial charge in [-0.2, -0.15) is 0 Å². The Hall–Kier alpha value is -1.75. The fraction of sp³-hybridized carbons (Fsp3) is 0.429. The van der Waals surface area contributed by atoms with Crippen molar-refractivity contribution in [2.24, 2.45) is 0 Å². The lowest BCUT2D eigenvalue weighted by atomic mass is 9.72. The van der Waals surface area contributed by atoms with E-state index in [0.717, 1.165) is 31.5 Å². The summed E-state index contributed by atoms with van der Waals surface area (Å²) in [4.78, 5) is 2.33. The van der Waals surface area contributed by atoms with E-state index >= 15 is 0 Å². The Kier molecular flexibility index (Phi) is 4.36. The summed E-state index contributed by atoms with van der Waals surface area (Å²) in [6.07, 6.45) is 1.53. The van der Waals surface area contributed by atoms with E-state index in [-0.39, 0.29) is 17.3 Å². The fourth-order valence-electron chi connectivity index (χ4n) is 4.50. The minimum atomic E-state index is -0.431. The molecule has 1 aliphatic carbocycles. The Morgan fingerprint density at radius 1 is 1.12 bits per heavy atom. The summed E-state index contributed by atoms with van der Waals surface area (Å²) < 4.78 is 13.1. The number of piperidine rings is 1. The minimum absolute atomic E-state index is 0.0790. The van der Waals surface area contributed by atoms with Crippen LogP contribution in [-0.2, 0) is 12.0 Å². The molecule has 1 heterocycles. The average molecular weight is 340 g/mol. The smallest absolute Gasteiger partial charge is 0.123 e. The first-order valence-corrected chi connectivity index (χ1v) is 9.04. The van der Waals surface area contributed by atoms with Crippen molar-refractivity contribution in [1.82, 2.24) is 10.2 Å². The van der Waals surface area contributed by atoms with Crippen LogP contribution in [0.2, 0.25) is 0 Å². The summed E-state index contributed by atoms with van der Waals surface area (Å²) in [5.74, 6) is -0.222. The third kappa shape index (κ3) is 2.88. The number of nitrogens with zero attached hydrogens (tertiary/aromatic N) is 1. The second-order valence-corrected chi connectivity index (χ2v) is 7.48. The molecule has 0 amide bonds. The number of nitrogens with one attached hydrogen (secondary N) is 1. The van der Waals surface area contributed by atoms with Gasteiger partial charge in [0.05, 0.1) is 12.1 Å². The predicted molar refractivity (Wildman–Crippen MR) is 96.8 cm³/mol. The van der Waals surface area contributed by atoms with Crippen LogP contribution in [0.25, 0.3) is 0 Å². The molecule has 0 saturated carbocycles. The van der Waals surface area contributed by atoms with E-state index < -0.39 is 6.10 Å². The molecule has 1 aliphatic heterocycles. The molecule has 2 aromatic rings. The van der Waals surface area contributed by atoms with Crippen LogP contribution in [0.4, 0.5) is 4.39 Å². The number of hydrogen-bond acceptors (Lipinski definition) is 3. The van der Waals surface area contributed by atoms with Crippen LogP contribution in [0.1, 0.15) is 35.6 Å². The zero-order chi connectivity index (χ0) is 17.4. The molecule has 1 spiro atoms. The van der Waals surface area contributed by atoms with Crippen molar-refractivity contribution in [2.45, 2.75) is 36.9 Å². The molecule has 132 valence electrons. The molecule has 0 radical (unpaired) electrons. The Bertz CT molecular complexity index is 738. The lowest BCUT2D eigenvalue weighted by Gasteiger charge is -2.41. The molecule has 2 atom stereocenters. The van der Waals surface area contributed by atoms with Crippen LogP contribution in [-0.4, -0.2) is 36.2 Å². The van der Waals surface area contributed by atoms with Gasteiger partial charge in [0.15, 0.2) is 0 Å². The highest BCUT2D eigenvalue weighted by Crippen LogP contribution is 2.50. The summed E-state index contributed by atoms with van der Waals surface area (Å²) in [5.41, 5.74) is 3.38. The Morgan fingerprint density at radius 2 is 1.80 bits per heavy atom.